The zero-order valence-electron chi connectivity index (χ0n) is 9.28. The molecule has 0 spiro atoms. The normalized spacial score (nSPS) is 14.4. The minimum absolute atomic E-state index is 0.0581. The van der Waals surface area contributed by atoms with Crippen LogP contribution in [-0.4, -0.2) is 26.5 Å². The molecule has 1 atom stereocenters. The standard InChI is InChI=1S/C10H19N3O/c1-8(10(2,3)14)11-5-9-6-12-13(4)7-9/h6-8,11,14H,5H2,1-4H3. The highest BCUT2D eigenvalue weighted by atomic mass is 16.3. The van der Waals surface area contributed by atoms with Gasteiger partial charge in [-0.1, -0.05) is 0 Å². The van der Waals surface area contributed by atoms with Gasteiger partial charge in [0.25, 0.3) is 0 Å². The van der Waals surface area contributed by atoms with E-state index < -0.39 is 5.60 Å². The van der Waals surface area contributed by atoms with E-state index in [0.29, 0.717) is 0 Å². The molecule has 4 heteroatoms. The predicted molar refractivity (Wildman–Crippen MR) is 55.8 cm³/mol. The second-order valence-electron chi connectivity index (χ2n) is 4.28. The first-order valence-corrected chi connectivity index (χ1v) is 4.83. The number of aromatic nitrogens is 2. The number of hydrogen-bond donors (Lipinski definition) is 2. The quantitative estimate of drug-likeness (QED) is 0.746. The SMILES string of the molecule is CC(NCc1cnn(C)c1)C(C)(C)O. The Morgan fingerprint density at radius 1 is 1.64 bits per heavy atom. The maximum Gasteiger partial charge on any atom is 0.0741 e. The lowest BCUT2D eigenvalue weighted by molar-refractivity contribution is 0.0437. The lowest BCUT2D eigenvalue weighted by Crippen LogP contribution is -2.44. The number of aryl methyl sites for hydroxylation is 1. The van der Waals surface area contributed by atoms with Crippen LogP contribution in [0, 0.1) is 0 Å². The summed E-state index contributed by atoms with van der Waals surface area (Å²) in [6.45, 7) is 6.30. The molecule has 0 aliphatic carbocycles. The smallest absolute Gasteiger partial charge is 0.0741 e. The van der Waals surface area contributed by atoms with Crippen molar-refractivity contribution in [2.45, 2.75) is 39.0 Å². The average Bonchev–Trinajstić information content (AvgIpc) is 2.45. The van der Waals surface area contributed by atoms with E-state index in [9.17, 15) is 5.11 Å². The molecular weight excluding hydrogens is 178 g/mol. The van der Waals surface area contributed by atoms with Crippen molar-refractivity contribution in [1.29, 1.82) is 0 Å². The fraction of sp³-hybridized carbons (Fsp3) is 0.700. The van der Waals surface area contributed by atoms with Crippen LogP contribution < -0.4 is 5.32 Å². The molecule has 0 aliphatic rings. The molecule has 1 rings (SSSR count). The van der Waals surface area contributed by atoms with Crippen molar-refractivity contribution >= 4 is 0 Å². The van der Waals surface area contributed by atoms with Gasteiger partial charge in [-0.3, -0.25) is 4.68 Å². The van der Waals surface area contributed by atoms with Crippen molar-refractivity contribution in [3.8, 4) is 0 Å². The molecule has 14 heavy (non-hydrogen) atoms. The Morgan fingerprint density at radius 2 is 2.29 bits per heavy atom. The van der Waals surface area contributed by atoms with E-state index in [1.54, 1.807) is 18.5 Å². The first-order chi connectivity index (χ1) is 6.39. The van der Waals surface area contributed by atoms with Gasteiger partial charge in [0.15, 0.2) is 0 Å². The summed E-state index contributed by atoms with van der Waals surface area (Å²) in [6.07, 6.45) is 3.79. The molecule has 0 amide bonds. The second kappa shape index (κ2) is 4.11. The molecule has 2 N–H and O–H groups in total. The van der Waals surface area contributed by atoms with Gasteiger partial charge in [-0.05, 0) is 20.8 Å². The zero-order valence-corrected chi connectivity index (χ0v) is 9.28. The molecule has 1 aromatic heterocycles. The van der Waals surface area contributed by atoms with E-state index in [4.69, 9.17) is 0 Å². The lowest BCUT2D eigenvalue weighted by Gasteiger charge is -2.26. The van der Waals surface area contributed by atoms with Gasteiger partial charge in [-0.25, -0.2) is 0 Å². The van der Waals surface area contributed by atoms with Gasteiger partial charge in [-0.2, -0.15) is 5.10 Å². The fourth-order valence-corrected chi connectivity index (χ4v) is 1.08. The van der Waals surface area contributed by atoms with Gasteiger partial charge in [0, 0.05) is 31.4 Å². The molecule has 4 nitrogen and oxygen atoms in total. The molecule has 0 radical (unpaired) electrons. The monoisotopic (exact) mass is 197 g/mol. The van der Waals surface area contributed by atoms with Gasteiger partial charge in [0.05, 0.1) is 11.8 Å². The van der Waals surface area contributed by atoms with Gasteiger partial charge < -0.3 is 10.4 Å². The van der Waals surface area contributed by atoms with Crippen molar-refractivity contribution in [2.75, 3.05) is 0 Å². The van der Waals surface area contributed by atoms with E-state index >= 15 is 0 Å². The van der Waals surface area contributed by atoms with Crippen molar-refractivity contribution < 1.29 is 5.11 Å². The second-order valence-corrected chi connectivity index (χ2v) is 4.28. The van der Waals surface area contributed by atoms with Crippen LogP contribution >= 0.6 is 0 Å². The Balaban J connectivity index is 2.41. The summed E-state index contributed by atoms with van der Waals surface area (Å²) in [6, 6.07) is 0.0581. The summed E-state index contributed by atoms with van der Waals surface area (Å²) in [5.41, 5.74) is 0.436. The van der Waals surface area contributed by atoms with E-state index in [2.05, 4.69) is 10.4 Å². The highest BCUT2D eigenvalue weighted by molar-refractivity contribution is 5.03. The first kappa shape index (κ1) is 11.2. The molecule has 1 unspecified atom stereocenters. The topological polar surface area (TPSA) is 50.1 Å². The zero-order chi connectivity index (χ0) is 10.8. The summed E-state index contributed by atoms with van der Waals surface area (Å²) < 4.78 is 1.77. The van der Waals surface area contributed by atoms with Crippen LogP contribution in [0.3, 0.4) is 0 Å². The summed E-state index contributed by atoms with van der Waals surface area (Å²) in [5.74, 6) is 0. The number of nitrogens with zero attached hydrogens (tertiary/aromatic N) is 2. The summed E-state index contributed by atoms with van der Waals surface area (Å²) in [5, 5.41) is 17.0. The van der Waals surface area contributed by atoms with Crippen molar-refractivity contribution in [3.05, 3.63) is 18.0 Å². The van der Waals surface area contributed by atoms with Crippen molar-refractivity contribution in [2.24, 2.45) is 7.05 Å². The lowest BCUT2D eigenvalue weighted by atomic mass is 10.0. The van der Waals surface area contributed by atoms with Gasteiger partial charge in [-0.15, -0.1) is 0 Å². The van der Waals surface area contributed by atoms with Gasteiger partial charge in [0.2, 0.25) is 0 Å². The molecule has 0 saturated heterocycles. The molecule has 1 aromatic rings. The van der Waals surface area contributed by atoms with Crippen LogP contribution in [0.5, 0.6) is 0 Å². The van der Waals surface area contributed by atoms with Crippen LogP contribution in [0.1, 0.15) is 26.3 Å². The Bertz CT molecular complexity index is 288. The number of nitrogens with one attached hydrogen (secondary N) is 1. The number of hydrogen-bond acceptors (Lipinski definition) is 3. The third-order valence-electron chi connectivity index (χ3n) is 2.43. The van der Waals surface area contributed by atoms with E-state index in [-0.39, 0.29) is 6.04 Å². The molecule has 0 fully saturated rings. The third kappa shape index (κ3) is 3.12. The molecule has 0 aromatic carbocycles. The maximum absolute atomic E-state index is 9.69. The Kier molecular flexibility index (Phi) is 3.29. The molecule has 80 valence electrons. The molecular formula is C10H19N3O. The summed E-state index contributed by atoms with van der Waals surface area (Å²) >= 11 is 0. The van der Waals surface area contributed by atoms with Crippen LogP contribution in [0.4, 0.5) is 0 Å². The highest BCUT2D eigenvalue weighted by Crippen LogP contribution is 2.08. The highest BCUT2D eigenvalue weighted by Gasteiger charge is 2.21. The Morgan fingerprint density at radius 3 is 2.71 bits per heavy atom. The van der Waals surface area contributed by atoms with Gasteiger partial charge >= 0.3 is 0 Å². The minimum Gasteiger partial charge on any atom is -0.389 e. The summed E-state index contributed by atoms with van der Waals surface area (Å²) in [7, 11) is 1.89. The molecule has 0 aliphatic heterocycles. The van der Waals surface area contributed by atoms with Crippen molar-refractivity contribution in [3.63, 3.8) is 0 Å². The first-order valence-electron chi connectivity index (χ1n) is 4.83. The fourth-order valence-electron chi connectivity index (χ4n) is 1.08. The minimum atomic E-state index is -0.692. The van der Waals surface area contributed by atoms with Gasteiger partial charge in [0.1, 0.15) is 0 Å². The van der Waals surface area contributed by atoms with E-state index in [1.165, 1.54) is 0 Å². The van der Waals surface area contributed by atoms with Crippen LogP contribution in [0.25, 0.3) is 0 Å². The maximum atomic E-state index is 9.69. The average molecular weight is 197 g/mol. The molecule has 0 saturated carbocycles. The van der Waals surface area contributed by atoms with Crippen LogP contribution in [0.15, 0.2) is 12.4 Å². The molecule has 1 heterocycles. The van der Waals surface area contributed by atoms with Crippen LogP contribution in [0.2, 0.25) is 0 Å². The largest absolute Gasteiger partial charge is 0.389 e. The summed E-state index contributed by atoms with van der Waals surface area (Å²) in [4.78, 5) is 0. The Labute approximate surface area is 84.9 Å². The molecule has 0 bridgehead atoms. The van der Waals surface area contributed by atoms with E-state index in [0.717, 1.165) is 12.1 Å². The number of rotatable bonds is 4. The number of aliphatic hydroxyl groups is 1. The van der Waals surface area contributed by atoms with Crippen molar-refractivity contribution in [1.82, 2.24) is 15.1 Å². The van der Waals surface area contributed by atoms with E-state index in [1.807, 2.05) is 26.4 Å². The van der Waals surface area contributed by atoms with Crippen LogP contribution in [-0.2, 0) is 13.6 Å². The Hall–Kier alpha value is -0.870. The predicted octanol–water partition coefficient (Wildman–Crippen LogP) is 0.669. The third-order valence-corrected chi connectivity index (χ3v) is 2.43.